The third-order valence-electron chi connectivity index (χ3n) is 6.59. The van der Waals surface area contributed by atoms with Crippen molar-refractivity contribution < 1.29 is 28.7 Å². The molecule has 0 spiro atoms. The number of anilines is 1. The molecular formula is C22H24N2O6. The molecule has 0 unspecified atom stereocenters. The Hall–Kier alpha value is -3.03. The molecule has 1 aromatic rings. The lowest BCUT2D eigenvalue weighted by molar-refractivity contribution is -0.159. The van der Waals surface area contributed by atoms with Crippen LogP contribution in [-0.2, 0) is 23.9 Å². The first-order valence-electron chi connectivity index (χ1n) is 10.2. The largest absolute Gasteiger partial charge is 0.454 e. The summed E-state index contributed by atoms with van der Waals surface area (Å²) in [4.78, 5) is 62.6. The number of benzene rings is 1. The number of Topliss-reactive ketones (excluding diaryl/α,β-unsaturated/α-hetero) is 1. The van der Waals surface area contributed by atoms with Crippen molar-refractivity contribution in [2.75, 3.05) is 11.9 Å². The van der Waals surface area contributed by atoms with Crippen molar-refractivity contribution in [2.24, 2.45) is 23.7 Å². The van der Waals surface area contributed by atoms with Crippen LogP contribution in [0.5, 0.6) is 0 Å². The SMILES string of the molecule is CC(=O)c1cccc(NC(=O)COC(=O)[C@@H](C)N2C(=O)[C@H]3[C@H]4CC[C@@H](C4)[C@@H]3C2=O)c1. The number of ketones is 1. The molecule has 4 rings (SSSR count). The Bertz CT molecular complexity index is 913. The van der Waals surface area contributed by atoms with Crippen molar-refractivity contribution in [2.45, 2.75) is 39.2 Å². The lowest BCUT2D eigenvalue weighted by atomic mass is 9.81. The predicted octanol–water partition coefficient (Wildman–Crippen LogP) is 1.79. The van der Waals surface area contributed by atoms with Gasteiger partial charge in [0.25, 0.3) is 5.91 Å². The molecule has 2 saturated carbocycles. The Balaban J connectivity index is 1.33. The molecule has 1 heterocycles. The number of imide groups is 1. The third kappa shape index (κ3) is 3.40. The molecule has 8 nitrogen and oxygen atoms in total. The van der Waals surface area contributed by atoms with Crippen LogP contribution in [-0.4, -0.2) is 47.0 Å². The summed E-state index contributed by atoms with van der Waals surface area (Å²) in [5, 5.41) is 2.55. The monoisotopic (exact) mass is 412 g/mol. The summed E-state index contributed by atoms with van der Waals surface area (Å²) in [5.41, 5.74) is 0.856. The van der Waals surface area contributed by atoms with E-state index < -0.39 is 24.5 Å². The maximum absolute atomic E-state index is 12.8. The number of carbonyl (C=O) groups excluding carboxylic acids is 5. The van der Waals surface area contributed by atoms with Crippen LogP contribution < -0.4 is 5.32 Å². The van der Waals surface area contributed by atoms with E-state index in [-0.39, 0.29) is 41.3 Å². The number of nitrogens with zero attached hydrogens (tertiary/aromatic N) is 1. The average Bonchev–Trinajstić information content (AvgIpc) is 3.39. The van der Waals surface area contributed by atoms with Crippen molar-refractivity contribution in [1.29, 1.82) is 0 Å². The molecule has 1 N–H and O–H groups in total. The van der Waals surface area contributed by atoms with Crippen LogP contribution >= 0.6 is 0 Å². The summed E-state index contributed by atoms with van der Waals surface area (Å²) < 4.78 is 5.05. The fraction of sp³-hybridized carbons (Fsp3) is 0.500. The summed E-state index contributed by atoms with van der Waals surface area (Å²) >= 11 is 0. The summed E-state index contributed by atoms with van der Waals surface area (Å²) in [7, 11) is 0. The molecule has 3 fully saturated rings. The Morgan fingerprint density at radius 1 is 1.13 bits per heavy atom. The fourth-order valence-electron chi connectivity index (χ4n) is 5.19. The molecule has 30 heavy (non-hydrogen) atoms. The molecule has 0 radical (unpaired) electrons. The summed E-state index contributed by atoms with van der Waals surface area (Å²) in [6.07, 6.45) is 2.84. The molecule has 3 amide bonds. The standard InChI is InChI=1S/C22H24N2O6/c1-11(24-20(27)18-14-6-7-15(8-14)19(18)21(24)28)22(29)30-10-17(26)23-16-5-3-4-13(9-16)12(2)25/h3-5,9,11,14-15,18-19H,6-8,10H2,1-2H3,(H,23,26)/t11-,14+,15+,18+,19+/m1/s1. The Labute approximate surface area is 173 Å². The number of esters is 1. The molecule has 0 aromatic heterocycles. The Morgan fingerprint density at radius 2 is 1.77 bits per heavy atom. The van der Waals surface area contributed by atoms with Gasteiger partial charge in [0.1, 0.15) is 6.04 Å². The van der Waals surface area contributed by atoms with Gasteiger partial charge in [-0.25, -0.2) is 4.79 Å². The first-order valence-corrected chi connectivity index (χ1v) is 10.2. The molecule has 5 atom stereocenters. The number of rotatable bonds is 6. The van der Waals surface area contributed by atoms with Crippen LogP contribution in [0.2, 0.25) is 0 Å². The number of likely N-dealkylation sites (tertiary alicyclic amines) is 1. The highest BCUT2D eigenvalue weighted by Gasteiger charge is 2.62. The van der Waals surface area contributed by atoms with Gasteiger partial charge in [0.05, 0.1) is 11.8 Å². The first kappa shape index (κ1) is 20.3. The second-order valence-electron chi connectivity index (χ2n) is 8.40. The van der Waals surface area contributed by atoms with E-state index in [1.54, 1.807) is 18.2 Å². The third-order valence-corrected chi connectivity index (χ3v) is 6.59. The Kier molecular flexibility index (Phi) is 5.17. The highest BCUT2D eigenvalue weighted by atomic mass is 16.5. The smallest absolute Gasteiger partial charge is 0.329 e. The van der Waals surface area contributed by atoms with Gasteiger partial charge in [0.15, 0.2) is 12.4 Å². The molecule has 2 aliphatic carbocycles. The van der Waals surface area contributed by atoms with Crippen LogP contribution in [0.4, 0.5) is 5.69 Å². The zero-order valence-electron chi connectivity index (χ0n) is 16.9. The number of hydrogen-bond donors (Lipinski definition) is 1. The minimum Gasteiger partial charge on any atom is -0.454 e. The quantitative estimate of drug-likeness (QED) is 0.433. The van der Waals surface area contributed by atoms with Crippen LogP contribution in [0.25, 0.3) is 0 Å². The van der Waals surface area contributed by atoms with Gasteiger partial charge in [-0.2, -0.15) is 0 Å². The van der Waals surface area contributed by atoms with E-state index in [1.165, 1.54) is 19.9 Å². The molecule has 8 heteroatoms. The van der Waals surface area contributed by atoms with Gasteiger partial charge in [-0.15, -0.1) is 0 Å². The van der Waals surface area contributed by atoms with Gasteiger partial charge < -0.3 is 10.1 Å². The van der Waals surface area contributed by atoms with E-state index in [0.29, 0.717) is 11.3 Å². The van der Waals surface area contributed by atoms with E-state index in [1.807, 2.05) is 0 Å². The van der Waals surface area contributed by atoms with Crippen molar-refractivity contribution >= 4 is 35.2 Å². The van der Waals surface area contributed by atoms with E-state index in [0.717, 1.165) is 24.2 Å². The number of hydrogen-bond acceptors (Lipinski definition) is 6. The number of amides is 3. The van der Waals surface area contributed by atoms with Crippen molar-refractivity contribution in [3.8, 4) is 0 Å². The number of ether oxygens (including phenoxy) is 1. The second kappa shape index (κ2) is 7.66. The van der Waals surface area contributed by atoms with Gasteiger partial charge in [-0.05, 0) is 57.1 Å². The second-order valence-corrected chi connectivity index (χ2v) is 8.40. The highest BCUT2D eigenvalue weighted by molar-refractivity contribution is 6.08. The lowest BCUT2D eigenvalue weighted by Gasteiger charge is -2.23. The highest BCUT2D eigenvalue weighted by Crippen LogP contribution is 2.56. The average molecular weight is 412 g/mol. The van der Waals surface area contributed by atoms with Crippen LogP contribution in [0.15, 0.2) is 24.3 Å². The zero-order valence-corrected chi connectivity index (χ0v) is 16.9. The molecule has 1 aliphatic heterocycles. The lowest BCUT2D eigenvalue weighted by Crippen LogP contribution is -2.45. The van der Waals surface area contributed by atoms with Crippen LogP contribution in [0.3, 0.4) is 0 Å². The summed E-state index contributed by atoms with van der Waals surface area (Å²) in [5.74, 6) is -2.21. The zero-order chi connectivity index (χ0) is 21.6. The molecule has 2 bridgehead atoms. The van der Waals surface area contributed by atoms with E-state index in [9.17, 15) is 24.0 Å². The van der Waals surface area contributed by atoms with Crippen LogP contribution in [0, 0.1) is 23.7 Å². The van der Waals surface area contributed by atoms with Crippen molar-refractivity contribution in [3.63, 3.8) is 0 Å². The first-order chi connectivity index (χ1) is 14.3. The molecule has 3 aliphatic rings. The van der Waals surface area contributed by atoms with Gasteiger partial charge in [-0.1, -0.05) is 12.1 Å². The summed E-state index contributed by atoms with van der Waals surface area (Å²) in [6, 6.07) is 5.34. The number of fused-ring (bicyclic) bond motifs is 5. The normalized spacial score (nSPS) is 27.7. The maximum Gasteiger partial charge on any atom is 0.329 e. The van der Waals surface area contributed by atoms with Gasteiger partial charge in [0.2, 0.25) is 11.8 Å². The van der Waals surface area contributed by atoms with Gasteiger partial charge in [-0.3, -0.25) is 24.1 Å². The van der Waals surface area contributed by atoms with Crippen molar-refractivity contribution in [3.05, 3.63) is 29.8 Å². The molecule has 1 saturated heterocycles. The van der Waals surface area contributed by atoms with E-state index >= 15 is 0 Å². The molecule has 1 aromatic carbocycles. The molecular weight excluding hydrogens is 388 g/mol. The number of carbonyl (C=O) groups is 5. The fourth-order valence-corrected chi connectivity index (χ4v) is 5.19. The van der Waals surface area contributed by atoms with Gasteiger partial charge >= 0.3 is 5.97 Å². The summed E-state index contributed by atoms with van der Waals surface area (Å²) in [6.45, 7) is 2.32. The predicted molar refractivity (Wildman–Crippen MR) is 105 cm³/mol. The van der Waals surface area contributed by atoms with Gasteiger partial charge in [0, 0.05) is 11.3 Å². The Morgan fingerprint density at radius 3 is 2.37 bits per heavy atom. The molecule has 158 valence electrons. The minimum absolute atomic E-state index is 0.135. The minimum atomic E-state index is -1.07. The van der Waals surface area contributed by atoms with E-state index in [4.69, 9.17) is 4.74 Å². The van der Waals surface area contributed by atoms with E-state index in [2.05, 4.69) is 5.32 Å². The van der Waals surface area contributed by atoms with Crippen molar-refractivity contribution in [1.82, 2.24) is 4.90 Å². The number of nitrogens with one attached hydrogen (secondary N) is 1. The maximum atomic E-state index is 12.8. The topological polar surface area (TPSA) is 110 Å². The van der Waals surface area contributed by atoms with Crippen LogP contribution in [0.1, 0.15) is 43.5 Å².